The molecular weight excluding hydrogens is 380 g/mol. The lowest BCUT2D eigenvalue weighted by molar-refractivity contribution is 0.304. The fraction of sp³-hybridized carbons (Fsp3) is 0.348. The molecule has 0 bridgehead atoms. The van der Waals surface area contributed by atoms with E-state index in [9.17, 15) is 0 Å². The molecule has 6 heteroatoms. The highest BCUT2D eigenvalue weighted by atomic mass is 32.1. The molecule has 0 spiro atoms. The van der Waals surface area contributed by atoms with Gasteiger partial charge in [0, 0.05) is 22.8 Å². The first-order chi connectivity index (χ1) is 14.3. The Labute approximate surface area is 176 Å². The van der Waals surface area contributed by atoms with E-state index in [-0.39, 0.29) is 0 Å². The molecule has 0 unspecified atom stereocenters. The quantitative estimate of drug-likeness (QED) is 0.365. The zero-order valence-corrected chi connectivity index (χ0v) is 17.5. The van der Waals surface area contributed by atoms with Gasteiger partial charge in [0.15, 0.2) is 5.13 Å². The first-order valence-corrected chi connectivity index (χ1v) is 11.0. The molecule has 0 amide bonds. The standard InChI is InChI=1S/C23H26N4OS/c1-2-3-4-5-6-7-14-28-21-12-10-19(11-13-21)26-23-27-22(17-29-23)18-8-9-20(15-24)25-16-18/h8-13,16-17H,2-7,14H2,1H3,(H,26,27). The third-order valence-corrected chi connectivity index (χ3v) is 5.31. The molecule has 1 N–H and O–H groups in total. The predicted molar refractivity (Wildman–Crippen MR) is 119 cm³/mol. The van der Waals surface area contributed by atoms with Gasteiger partial charge < -0.3 is 10.1 Å². The fourth-order valence-electron chi connectivity index (χ4n) is 2.91. The second-order valence-electron chi connectivity index (χ2n) is 6.85. The van der Waals surface area contributed by atoms with E-state index in [2.05, 4.69) is 22.2 Å². The van der Waals surface area contributed by atoms with Crippen LogP contribution in [-0.4, -0.2) is 16.6 Å². The Balaban J connectivity index is 1.46. The van der Waals surface area contributed by atoms with Crippen LogP contribution in [0.1, 0.15) is 51.1 Å². The third-order valence-electron chi connectivity index (χ3n) is 4.55. The summed E-state index contributed by atoms with van der Waals surface area (Å²) in [5.41, 5.74) is 3.11. The second-order valence-corrected chi connectivity index (χ2v) is 7.71. The molecule has 3 aromatic rings. The summed E-state index contributed by atoms with van der Waals surface area (Å²) in [6, 6.07) is 13.6. The molecule has 0 atom stereocenters. The summed E-state index contributed by atoms with van der Waals surface area (Å²) in [7, 11) is 0. The van der Waals surface area contributed by atoms with Gasteiger partial charge >= 0.3 is 0 Å². The first kappa shape index (κ1) is 20.8. The molecule has 3 rings (SSSR count). The van der Waals surface area contributed by atoms with Crippen LogP contribution < -0.4 is 10.1 Å². The fourth-order valence-corrected chi connectivity index (χ4v) is 3.65. The number of aromatic nitrogens is 2. The van der Waals surface area contributed by atoms with E-state index in [0.29, 0.717) is 5.69 Å². The van der Waals surface area contributed by atoms with Gasteiger partial charge in [0.2, 0.25) is 0 Å². The van der Waals surface area contributed by atoms with Gasteiger partial charge in [-0.25, -0.2) is 9.97 Å². The topological polar surface area (TPSA) is 70.8 Å². The number of pyridine rings is 1. The molecule has 5 nitrogen and oxygen atoms in total. The summed E-state index contributed by atoms with van der Waals surface area (Å²) >= 11 is 1.53. The van der Waals surface area contributed by atoms with Crippen molar-refractivity contribution in [3.8, 4) is 23.1 Å². The van der Waals surface area contributed by atoms with Crippen LogP contribution >= 0.6 is 11.3 Å². The monoisotopic (exact) mass is 406 g/mol. The van der Waals surface area contributed by atoms with Gasteiger partial charge in [-0.15, -0.1) is 11.3 Å². The van der Waals surface area contributed by atoms with E-state index in [1.54, 1.807) is 12.3 Å². The smallest absolute Gasteiger partial charge is 0.187 e. The number of anilines is 2. The SMILES string of the molecule is CCCCCCCCOc1ccc(Nc2nc(-c3ccc(C#N)nc3)cs2)cc1. The average molecular weight is 407 g/mol. The lowest BCUT2D eigenvalue weighted by atomic mass is 10.1. The molecule has 1 aromatic carbocycles. The highest BCUT2D eigenvalue weighted by Gasteiger charge is 2.06. The van der Waals surface area contributed by atoms with Crippen LogP contribution in [0.3, 0.4) is 0 Å². The van der Waals surface area contributed by atoms with Crippen LogP contribution in [0, 0.1) is 11.3 Å². The van der Waals surface area contributed by atoms with Crippen molar-refractivity contribution in [2.45, 2.75) is 45.4 Å². The molecule has 0 fully saturated rings. The number of nitrogens with one attached hydrogen (secondary N) is 1. The number of nitrogens with zero attached hydrogens (tertiary/aromatic N) is 3. The Kier molecular flexibility index (Phi) is 8.02. The number of hydrogen-bond acceptors (Lipinski definition) is 6. The van der Waals surface area contributed by atoms with E-state index < -0.39 is 0 Å². The van der Waals surface area contributed by atoms with E-state index in [0.717, 1.165) is 40.9 Å². The Hall–Kier alpha value is -2.91. The molecule has 0 aliphatic heterocycles. The Morgan fingerprint density at radius 2 is 1.83 bits per heavy atom. The summed E-state index contributed by atoms with van der Waals surface area (Å²) in [6.45, 7) is 3.01. The van der Waals surface area contributed by atoms with Gasteiger partial charge in [0.1, 0.15) is 17.5 Å². The van der Waals surface area contributed by atoms with Gasteiger partial charge in [0.05, 0.1) is 12.3 Å². The number of hydrogen-bond donors (Lipinski definition) is 1. The van der Waals surface area contributed by atoms with Crippen LogP contribution in [0.2, 0.25) is 0 Å². The minimum atomic E-state index is 0.404. The number of ether oxygens (including phenoxy) is 1. The highest BCUT2D eigenvalue weighted by Crippen LogP contribution is 2.27. The maximum atomic E-state index is 8.84. The molecule has 0 aliphatic rings. The first-order valence-electron chi connectivity index (χ1n) is 10.1. The molecule has 0 saturated heterocycles. The summed E-state index contributed by atoms with van der Waals surface area (Å²) in [5.74, 6) is 0.896. The van der Waals surface area contributed by atoms with E-state index >= 15 is 0 Å². The lowest BCUT2D eigenvalue weighted by Crippen LogP contribution is -1.97. The summed E-state index contributed by atoms with van der Waals surface area (Å²) in [4.78, 5) is 8.69. The number of unbranched alkanes of at least 4 members (excludes halogenated alkanes) is 5. The van der Waals surface area contributed by atoms with Crippen molar-refractivity contribution < 1.29 is 4.74 Å². The lowest BCUT2D eigenvalue weighted by Gasteiger charge is -2.08. The van der Waals surface area contributed by atoms with E-state index in [1.807, 2.05) is 41.8 Å². The van der Waals surface area contributed by atoms with Crippen molar-refractivity contribution in [3.05, 3.63) is 53.7 Å². The summed E-state index contributed by atoms with van der Waals surface area (Å²) < 4.78 is 5.83. The van der Waals surface area contributed by atoms with Crippen LogP contribution in [0.25, 0.3) is 11.3 Å². The Morgan fingerprint density at radius 1 is 1.03 bits per heavy atom. The predicted octanol–water partition coefficient (Wildman–Crippen LogP) is 6.56. The van der Waals surface area contributed by atoms with Crippen molar-refractivity contribution in [1.29, 1.82) is 5.26 Å². The molecule has 2 aromatic heterocycles. The Bertz CT molecular complexity index is 913. The van der Waals surface area contributed by atoms with Gasteiger partial charge in [-0.05, 0) is 42.8 Å². The van der Waals surface area contributed by atoms with E-state index in [1.165, 1.54) is 43.4 Å². The normalized spacial score (nSPS) is 10.5. The van der Waals surface area contributed by atoms with E-state index in [4.69, 9.17) is 10.00 Å². The van der Waals surface area contributed by atoms with Crippen molar-refractivity contribution in [1.82, 2.24) is 9.97 Å². The van der Waals surface area contributed by atoms with Crippen molar-refractivity contribution in [2.75, 3.05) is 11.9 Å². The molecular formula is C23H26N4OS. The molecule has 0 saturated carbocycles. The summed E-state index contributed by atoms with van der Waals surface area (Å²) in [6.07, 6.45) is 9.27. The number of thiazole rings is 1. The molecule has 29 heavy (non-hydrogen) atoms. The minimum Gasteiger partial charge on any atom is -0.494 e. The van der Waals surface area contributed by atoms with Crippen LogP contribution in [0.4, 0.5) is 10.8 Å². The summed E-state index contributed by atoms with van der Waals surface area (Å²) in [5, 5.41) is 14.9. The highest BCUT2D eigenvalue weighted by molar-refractivity contribution is 7.14. The van der Waals surface area contributed by atoms with Crippen LogP contribution in [-0.2, 0) is 0 Å². The van der Waals surface area contributed by atoms with Gasteiger partial charge in [-0.2, -0.15) is 5.26 Å². The van der Waals surface area contributed by atoms with Gasteiger partial charge in [-0.1, -0.05) is 39.0 Å². The largest absolute Gasteiger partial charge is 0.494 e. The Morgan fingerprint density at radius 3 is 2.55 bits per heavy atom. The number of benzene rings is 1. The maximum Gasteiger partial charge on any atom is 0.187 e. The second kappa shape index (κ2) is 11.2. The molecule has 0 radical (unpaired) electrons. The van der Waals surface area contributed by atoms with Gasteiger partial charge in [-0.3, -0.25) is 0 Å². The minimum absolute atomic E-state index is 0.404. The van der Waals surface area contributed by atoms with Gasteiger partial charge in [0.25, 0.3) is 0 Å². The molecule has 2 heterocycles. The zero-order valence-electron chi connectivity index (χ0n) is 16.7. The number of nitriles is 1. The zero-order chi connectivity index (χ0) is 20.3. The molecule has 0 aliphatic carbocycles. The van der Waals surface area contributed by atoms with Crippen molar-refractivity contribution in [3.63, 3.8) is 0 Å². The van der Waals surface area contributed by atoms with Crippen LogP contribution in [0.15, 0.2) is 48.0 Å². The third kappa shape index (κ3) is 6.58. The van der Waals surface area contributed by atoms with Crippen LogP contribution in [0.5, 0.6) is 5.75 Å². The van der Waals surface area contributed by atoms with Crippen molar-refractivity contribution >= 4 is 22.2 Å². The van der Waals surface area contributed by atoms with Crippen molar-refractivity contribution in [2.24, 2.45) is 0 Å². The molecule has 150 valence electrons. The number of rotatable bonds is 11. The maximum absolute atomic E-state index is 8.84. The average Bonchev–Trinajstić information content (AvgIpc) is 3.23.